The highest BCUT2D eigenvalue weighted by Gasteiger charge is 2.25. The van der Waals surface area contributed by atoms with Gasteiger partial charge in [0.2, 0.25) is 5.09 Å². The molecule has 148 valence electrons. The van der Waals surface area contributed by atoms with E-state index < -0.39 is 21.2 Å². The number of fused-ring (bicyclic) bond motifs is 1. The molecule has 4 aromatic rings. The van der Waals surface area contributed by atoms with Gasteiger partial charge in [-0.25, -0.2) is 0 Å². The number of nitrogens with one attached hydrogen (secondary N) is 1. The van der Waals surface area contributed by atoms with Crippen LogP contribution in [0.1, 0.15) is 5.69 Å². The SMILES string of the molecule is O=S(=O)(Nc1cc(Cl)ccc1[S+]([O-])Cc1ccccn1)c1cc2ccccc2o1. The molecule has 0 saturated carbocycles. The van der Waals surface area contributed by atoms with E-state index in [9.17, 15) is 13.0 Å². The Morgan fingerprint density at radius 2 is 1.86 bits per heavy atom. The van der Waals surface area contributed by atoms with Crippen LogP contribution in [0.3, 0.4) is 0 Å². The molecule has 1 atom stereocenters. The third kappa shape index (κ3) is 4.40. The molecule has 1 unspecified atom stereocenters. The Bertz CT molecular complexity index is 1230. The topological polar surface area (TPSA) is 95.3 Å². The number of anilines is 1. The lowest BCUT2D eigenvalue weighted by Crippen LogP contribution is -2.16. The van der Waals surface area contributed by atoms with Crippen LogP contribution in [-0.2, 0) is 27.0 Å². The molecular weight excluding hydrogens is 432 g/mol. The molecule has 6 nitrogen and oxygen atoms in total. The number of benzene rings is 2. The smallest absolute Gasteiger partial charge is 0.295 e. The van der Waals surface area contributed by atoms with Crippen molar-refractivity contribution in [3.8, 4) is 0 Å². The van der Waals surface area contributed by atoms with Crippen molar-refractivity contribution in [1.29, 1.82) is 0 Å². The van der Waals surface area contributed by atoms with Crippen LogP contribution < -0.4 is 4.72 Å². The van der Waals surface area contributed by atoms with E-state index in [2.05, 4.69) is 9.71 Å². The Hall–Kier alpha value is -2.52. The minimum Gasteiger partial charge on any atom is -0.611 e. The fourth-order valence-corrected chi connectivity index (χ4v) is 5.21. The summed E-state index contributed by atoms with van der Waals surface area (Å²) in [6, 6.07) is 18.3. The van der Waals surface area contributed by atoms with Crippen molar-refractivity contribution in [3.63, 3.8) is 0 Å². The molecule has 0 aliphatic carbocycles. The zero-order valence-corrected chi connectivity index (χ0v) is 17.3. The van der Waals surface area contributed by atoms with E-state index in [0.29, 0.717) is 26.6 Å². The highest BCUT2D eigenvalue weighted by Crippen LogP contribution is 2.31. The highest BCUT2D eigenvalue weighted by atomic mass is 35.5. The predicted octanol–water partition coefficient (Wildman–Crippen LogP) is 4.59. The Morgan fingerprint density at radius 3 is 2.62 bits per heavy atom. The molecule has 2 heterocycles. The van der Waals surface area contributed by atoms with Gasteiger partial charge in [0.25, 0.3) is 10.0 Å². The third-order valence-corrected chi connectivity index (χ3v) is 6.96. The van der Waals surface area contributed by atoms with Gasteiger partial charge in [-0.2, -0.15) is 8.42 Å². The van der Waals surface area contributed by atoms with Crippen molar-refractivity contribution in [1.82, 2.24) is 4.98 Å². The molecule has 0 radical (unpaired) electrons. The fraction of sp³-hybridized carbons (Fsp3) is 0.0500. The Kier molecular flexibility index (Phi) is 5.51. The van der Waals surface area contributed by atoms with Crippen LogP contribution >= 0.6 is 11.6 Å². The second-order valence-electron chi connectivity index (χ2n) is 6.16. The maximum atomic E-state index is 12.9. The fourth-order valence-electron chi connectivity index (χ4n) is 2.76. The summed E-state index contributed by atoms with van der Waals surface area (Å²) in [6.07, 6.45) is 1.61. The molecule has 0 aliphatic heterocycles. The zero-order chi connectivity index (χ0) is 20.4. The first kappa shape index (κ1) is 19.8. The van der Waals surface area contributed by atoms with Gasteiger partial charge in [0, 0.05) is 22.7 Å². The summed E-state index contributed by atoms with van der Waals surface area (Å²) in [5, 5.41) is 0.740. The predicted molar refractivity (Wildman–Crippen MR) is 113 cm³/mol. The van der Waals surface area contributed by atoms with Crippen molar-refractivity contribution in [2.24, 2.45) is 0 Å². The quantitative estimate of drug-likeness (QED) is 0.437. The molecule has 9 heteroatoms. The molecule has 0 bridgehead atoms. The monoisotopic (exact) mass is 446 g/mol. The number of para-hydroxylation sites is 1. The van der Waals surface area contributed by atoms with E-state index >= 15 is 0 Å². The average molecular weight is 447 g/mol. The van der Waals surface area contributed by atoms with Crippen LogP contribution in [0.4, 0.5) is 5.69 Å². The summed E-state index contributed by atoms with van der Waals surface area (Å²) in [7, 11) is -4.05. The van der Waals surface area contributed by atoms with Gasteiger partial charge in [-0.15, -0.1) is 0 Å². The number of nitrogens with zero attached hydrogens (tertiary/aromatic N) is 1. The lowest BCUT2D eigenvalue weighted by molar-refractivity contribution is 0.484. The number of rotatable bonds is 6. The number of halogens is 1. The maximum absolute atomic E-state index is 12.9. The summed E-state index contributed by atoms with van der Waals surface area (Å²) in [5.41, 5.74) is 1.22. The van der Waals surface area contributed by atoms with Crippen molar-refractivity contribution in [2.45, 2.75) is 15.7 Å². The van der Waals surface area contributed by atoms with Gasteiger partial charge in [-0.3, -0.25) is 9.71 Å². The molecule has 29 heavy (non-hydrogen) atoms. The van der Waals surface area contributed by atoms with Crippen LogP contribution in [0.15, 0.2) is 87.3 Å². The minimum absolute atomic E-state index is 0.132. The summed E-state index contributed by atoms with van der Waals surface area (Å²) in [5.74, 6) is 0.141. The number of hydrogen-bond donors (Lipinski definition) is 1. The van der Waals surface area contributed by atoms with Crippen LogP contribution in [0.5, 0.6) is 0 Å². The molecule has 2 aromatic heterocycles. The zero-order valence-electron chi connectivity index (χ0n) is 14.9. The van der Waals surface area contributed by atoms with E-state index in [-0.39, 0.29) is 16.5 Å². The second-order valence-corrected chi connectivity index (χ2v) is 9.63. The molecule has 0 fully saturated rings. The molecule has 4 rings (SSSR count). The number of pyridine rings is 1. The first-order valence-electron chi connectivity index (χ1n) is 8.52. The van der Waals surface area contributed by atoms with Gasteiger partial charge >= 0.3 is 0 Å². The standard InChI is InChI=1S/C20H15ClN2O4S2/c21-15-8-9-19(28(24)13-16-6-3-4-10-22-16)17(12-15)23-29(25,26)20-11-14-5-1-2-7-18(14)27-20/h1-12,23H,13H2. The summed E-state index contributed by atoms with van der Waals surface area (Å²) in [4.78, 5) is 4.47. The number of aromatic nitrogens is 1. The normalized spacial score (nSPS) is 12.8. The third-order valence-electron chi connectivity index (χ3n) is 4.10. The van der Waals surface area contributed by atoms with Crippen LogP contribution in [0, 0.1) is 0 Å². The largest absolute Gasteiger partial charge is 0.611 e. The first-order valence-corrected chi connectivity index (χ1v) is 11.7. The van der Waals surface area contributed by atoms with Crippen molar-refractivity contribution >= 4 is 49.5 Å². The Balaban J connectivity index is 1.66. The van der Waals surface area contributed by atoms with Gasteiger partial charge in [-0.1, -0.05) is 35.9 Å². The van der Waals surface area contributed by atoms with Gasteiger partial charge in [0.05, 0.1) is 5.69 Å². The van der Waals surface area contributed by atoms with Crippen LogP contribution in [-0.4, -0.2) is 18.0 Å². The van der Waals surface area contributed by atoms with E-state index in [1.54, 1.807) is 54.7 Å². The Morgan fingerprint density at radius 1 is 1.07 bits per heavy atom. The molecule has 0 amide bonds. The van der Waals surface area contributed by atoms with E-state index in [0.717, 1.165) is 0 Å². The van der Waals surface area contributed by atoms with Crippen molar-refractivity contribution in [2.75, 3.05) is 4.72 Å². The lowest BCUT2D eigenvalue weighted by Gasteiger charge is -2.15. The van der Waals surface area contributed by atoms with E-state index in [1.807, 2.05) is 0 Å². The number of sulfonamides is 1. The van der Waals surface area contributed by atoms with Gasteiger partial charge in [0.15, 0.2) is 10.6 Å². The second kappa shape index (κ2) is 8.08. The van der Waals surface area contributed by atoms with E-state index in [4.69, 9.17) is 16.0 Å². The minimum atomic E-state index is -4.05. The summed E-state index contributed by atoms with van der Waals surface area (Å²) < 4.78 is 46.5. The molecule has 0 spiro atoms. The maximum Gasteiger partial charge on any atom is 0.295 e. The molecule has 1 N–H and O–H groups in total. The lowest BCUT2D eigenvalue weighted by atomic mass is 10.3. The Labute approximate surface area is 175 Å². The summed E-state index contributed by atoms with van der Waals surface area (Å²) in [6.45, 7) is 0. The molecule has 0 aliphatic rings. The number of hydrogen-bond acceptors (Lipinski definition) is 5. The van der Waals surface area contributed by atoms with E-state index in [1.165, 1.54) is 18.2 Å². The summed E-state index contributed by atoms with van der Waals surface area (Å²) >= 11 is 4.51. The first-order chi connectivity index (χ1) is 13.9. The highest BCUT2D eigenvalue weighted by molar-refractivity contribution is 7.93. The van der Waals surface area contributed by atoms with Crippen molar-refractivity contribution in [3.05, 3.63) is 83.6 Å². The van der Waals surface area contributed by atoms with Gasteiger partial charge in [0.1, 0.15) is 11.3 Å². The van der Waals surface area contributed by atoms with Gasteiger partial charge < -0.3 is 8.97 Å². The molecular formula is C20H15ClN2O4S2. The van der Waals surface area contributed by atoms with Crippen LogP contribution in [0.25, 0.3) is 11.0 Å². The number of furan rings is 1. The van der Waals surface area contributed by atoms with Gasteiger partial charge in [-0.05, 0) is 47.6 Å². The van der Waals surface area contributed by atoms with Crippen molar-refractivity contribution < 1.29 is 17.4 Å². The average Bonchev–Trinajstić information content (AvgIpc) is 3.14. The molecule has 0 saturated heterocycles. The van der Waals surface area contributed by atoms with Crippen LogP contribution in [0.2, 0.25) is 5.02 Å². The molecule has 2 aromatic carbocycles.